The largest absolute Gasteiger partial charge is 0.465 e. The Hall–Kier alpha value is -4.25. The lowest BCUT2D eigenvalue weighted by atomic mass is 10.1. The van der Waals surface area contributed by atoms with E-state index in [4.69, 9.17) is 9.15 Å². The average molecular weight is 662 g/mol. The van der Waals surface area contributed by atoms with E-state index in [2.05, 4.69) is 15.9 Å². The second-order valence-electron chi connectivity index (χ2n) is 10.0. The van der Waals surface area contributed by atoms with Gasteiger partial charge in [-0.1, -0.05) is 70.0 Å². The topological polar surface area (TPSA) is 97.1 Å². The van der Waals surface area contributed by atoms with Crippen molar-refractivity contribution in [2.24, 2.45) is 0 Å². The van der Waals surface area contributed by atoms with E-state index < -0.39 is 21.9 Å². The van der Waals surface area contributed by atoms with E-state index in [0.717, 1.165) is 15.6 Å². The molecule has 8 nitrogen and oxygen atoms in total. The Morgan fingerprint density at radius 3 is 2.35 bits per heavy atom. The highest BCUT2D eigenvalue weighted by atomic mass is 79.9. The number of aryl methyl sites for hydroxylation is 1. The summed E-state index contributed by atoms with van der Waals surface area (Å²) in [5.74, 6) is -0.412. The van der Waals surface area contributed by atoms with Crippen molar-refractivity contribution >= 4 is 49.6 Å². The Morgan fingerprint density at radius 1 is 0.953 bits per heavy atom. The van der Waals surface area contributed by atoms with Gasteiger partial charge in [-0.2, -0.15) is 4.31 Å². The lowest BCUT2D eigenvalue weighted by Gasteiger charge is -2.21. The number of allylic oxidation sites excluding steroid dienone is 1. The molecule has 0 aliphatic carbocycles. The van der Waals surface area contributed by atoms with Crippen LogP contribution < -0.4 is 4.90 Å². The van der Waals surface area contributed by atoms with Gasteiger partial charge in [0, 0.05) is 16.7 Å². The number of halogens is 1. The molecule has 220 valence electrons. The van der Waals surface area contributed by atoms with Gasteiger partial charge in [0.25, 0.3) is 5.91 Å². The van der Waals surface area contributed by atoms with Crippen LogP contribution in [0.4, 0.5) is 5.69 Å². The van der Waals surface area contributed by atoms with Crippen molar-refractivity contribution in [3.8, 4) is 0 Å². The van der Waals surface area contributed by atoms with Gasteiger partial charge < -0.3 is 9.15 Å². The minimum Gasteiger partial charge on any atom is -0.465 e. The molecule has 3 aromatic carbocycles. The second kappa shape index (κ2) is 12.5. The monoisotopic (exact) mass is 660 g/mol. The first kappa shape index (κ1) is 30.2. The zero-order chi connectivity index (χ0) is 30.7. The number of methoxy groups -OCH3 is 1. The maximum absolute atomic E-state index is 13.7. The van der Waals surface area contributed by atoms with Crippen LogP contribution >= 0.6 is 15.9 Å². The van der Waals surface area contributed by atoms with Gasteiger partial charge in [-0.3, -0.25) is 9.69 Å². The molecule has 0 bridgehead atoms. The first-order valence-electron chi connectivity index (χ1n) is 13.4. The number of carbonyl (C=O) groups is 2. The molecule has 43 heavy (non-hydrogen) atoms. The van der Waals surface area contributed by atoms with Crippen LogP contribution in [0.3, 0.4) is 0 Å². The fraction of sp³-hybridized carbons (Fsp3) is 0.152. The van der Waals surface area contributed by atoms with Crippen molar-refractivity contribution in [2.45, 2.75) is 31.8 Å². The normalized spacial score (nSPS) is 14.7. The van der Waals surface area contributed by atoms with Crippen LogP contribution in [0.5, 0.6) is 0 Å². The molecule has 0 spiro atoms. The van der Waals surface area contributed by atoms with Crippen molar-refractivity contribution in [3.63, 3.8) is 0 Å². The molecular formula is C33H29BrN2O6S. The van der Waals surface area contributed by atoms with Crippen LogP contribution in [0.15, 0.2) is 122 Å². The van der Waals surface area contributed by atoms with Gasteiger partial charge in [-0.05, 0) is 68.0 Å². The Bertz CT molecular complexity index is 1840. The minimum absolute atomic E-state index is 0.0505. The number of benzene rings is 3. The summed E-state index contributed by atoms with van der Waals surface area (Å²) in [6.45, 7) is 3.65. The Kier molecular flexibility index (Phi) is 8.82. The lowest BCUT2D eigenvalue weighted by molar-refractivity contribution is -0.136. The maximum Gasteiger partial charge on any atom is 0.340 e. The number of esters is 1. The van der Waals surface area contributed by atoms with E-state index in [0.29, 0.717) is 17.1 Å². The zero-order valence-corrected chi connectivity index (χ0v) is 26.2. The molecule has 5 rings (SSSR count). The molecule has 0 atom stereocenters. The average Bonchev–Trinajstić information content (AvgIpc) is 3.53. The third-order valence-corrected chi connectivity index (χ3v) is 9.32. The van der Waals surface area contributed by atoms with Crippen LogP contribution in [0.1, 0.15) is 29.6 Å². The van der Waals surface area contributed by atoms with Crippen LogP contribution in [0, 0.1) is 6.92 Å². The Balaban J connectivity index is 1.48. The molecule has 10 heteroatoms. The smallest absolute Gasteiger partial charge is 0.340 e. The lowest BCUT2D eigenvalue weighted by Crippen LogP contribution is -2.30. The van der Waals surface area contributed by atoms with Crippen LogP contribution in [0.2, 0.25) is 0 Å². The predicted octanol–water partition coefficient (Wildman–Crippen LogP) is 6.62. The molecule has 0 saturated carbocycles. The summed E-state index contributed by atoms with van der Waals surface area (Å²) in [7, 11) is -2.63. The van der Waals surface area contributed by atoms with Gasteiger partial charge in [0.1, 0.15) is 11.5 Å². The summed E-state index contributed by atoms with van der Waals surface area (Å²) < 4.78 is 40.6. The number of hydrogen-bond acceptors (Lipinski definition) is 6. The van der Waals surface area contributed by atoms with E-state index >= 15 is 0 Å². The molecular weight excluding hydrogens is 632 g/mol. The van der Waals surface area contributed by atoms with E-state index in [1.807, 2.05) is 43.3 Å². The van der Waals surface area contributed by atoms with Crippen molar-refractivity contribution in [1.29, 1.82) is 0 Å². The summed E-state index contributed by atoms with van der Waals surface area (Å²) in [5.41, 5.74) is 3.01. The molecule has 2 heterocycles. The van der Waals surface area contributed by atoms with Gasteiger partial charge in [-0.25, -0.2) is 13.2 Å². The summed E-state index contributed by atoms with van der Waals surface area (Å²) in [5, 5.41) is 0. The number of rotatable bonds is 9. The number of carbonyl (C=O) groups excluding carboxylic acids is 2. The molecule has 1 amide bonds. The summed E-state index contributed by atoms with van der Waals surface area (Å²) in [6.07, 6.45) is 1.48. The third kappa shape index (κ3) is 6.41. The fourth-order valence-electron chi connectivity index (χ4n) is 4.85. The SMILES string of the molecule is COC(=O)C1=C(C)N(c2cccc(Br)c2)C(=O)/C1=C/c1ccc(CN(Cc2ccccc2)S(=O)(=O)c2ccc(C)cc2)o1. The molecule has 0 unspecified atom stereocenters. The molecule has 0 N–H and O–H groups in total. The van der Waals surface area contributed by atoms with Crippen LogP contribution in [0.25, 0.3) is 6.08 Å². The van der Waals surface area contributed by atoms with Crippen molar-refractivity contribution < 1.29 is 27.2 Å². The van der Waals surface area contributed by atoms with Gasteiger partial charge in [0.15, 0.2) is 0 Å². The zero-order valence-electron chi connectivity index (χ0n) is 23.8. The van der Waals surface area contributed by atoms with E-state index in [1.54, 1.807) is 61.5 Å². The van der Waals surface area contributed by atoms with Gasteiger partial charge in [-0.15, -0.1) is 0 Å². The molecule has 1 aliphatic heterocycles. The molecule has 0 radical (unpaired) electrons. The maximum atomic E-state index is 13.7. The molecule has 1 aliphatic rings. The molecule has 1 aromatic heterocycles. The first-order chi connectivity index (χ1) is 20.6. The van der Waals surface area contributed by atoms with Crippen molar-refractivity contribution in [1.82, 2.24) is 4.31 Å². The number of ether oxygens (including phenoxy) is 1. The van der Waals surface area contributed by atoms with Gasteiger partial charge in [0.2, 0.25) is 10.0 Å². The second-order valence-corrected chi connectivity index (χ2v) is 12.9. The predicted molar refractivity (Wildman–Crippen MR) is 167 cm³/mol. The highest BCUT2D eigenvalue weighted by Crippen LogP contribution is 2.36. The highest BCUT2D eigenvalue weighted by Gasteiger charge is 2.38. The Morgan fingerprint density at radius 2 is 1.67 bits per heavy atom. The minimum atomic E-state index is -3.88. The highest BCUT2D eigenvalue weighted by molar-refractivity contribution is 9.10. The van der Waals surface area contributed by atoms with Crippen molar-refractivity contribution in [3.05, 3.63) is 135 Å². The van der Waals surface area contributed by atoms with Crippen LogP contribution in [-0.2, 0) is 37.4 Å². The first-order valence-corrected chi connectivity index (χ1v) is 15.6. The van der Waals surface area contributed by atoms with Gasteiger partial charge >= 0.3 is 5.97 Å². The third-order valence-electron chi connectivity index (χ3n) is 7.02. The summed E-state index contributed by atoms with van der Waals surface area (Å²) in [4.78, 5) is 28.0. The molecule has 0 fully saturated rings. The summed E-state index contributed by atoms with van der Waals surface area (Å²) >= 11 is 3.43. The van der Waals surface area contributed by atoms with Crippen LogP contribution in [-0.4, -0.2) is 31.7 Å². The Labute approximate surface area is 259 Å². The van der Waals surface area contributed by atoms with E-state index in [-0.39, 0.29) is 34.9 Å². The number of hydrogen-bond donors (Lipinski definition) is 0. The fourth-order valence-corrected chi connectivity index (χ4v) is 6.63. The number of anilines is 1. The summed E-state index contributed by atoms with van der Waals surface area (Å²) in [6, 6.07) is 26.5. The van der Waals surface area contributed by atoms with E-state index in [9.17, 15) is 18.0 Å². The quantitative estimate of drug-likeness (QED) is 0.148. The van der Waals surface area contributed by atoms with Crippen molar-refractivity contribution in [2.75, 3.05) is 12.0 Å². The number of furan rings is 1. The molecule has 4 aromatic rings. The number of nitrogens with zero attached hydrogens (tertiary/aromatic N) is 2. The standard InChI is InChI=1S/C33H29BrN2O6S/c1-22-12-16-29(17-13-22)43(39,40)35(20-24-8-5-4-6-9-24)21-28-15-14-27(42-28)19-30-31(33(38)41-3)23(2)36(32(30)37)26-11-7-10-25(34)18-26/h4-19H,20-21H2,1-3H3/b30-19+. The number of amides is 1. The number of sulfonamides is 1. The van der Waals surface area contributed by atoms with Gasteiger partial charge in [0.05, 0.1) is 35.4 Å². The van der Waals surface area contributed by atoms with E-state index in [1.165, 1.54) is 22.4 Å². The molecule has 0 saturated heterocycles.